The second kappa shape index (κ2) is 6.23. The summed E-state index contributed by atoms with van der Waals surface area (Å²) in [6.45, 7) is 10.8. The summed E-state index contributed by atoms with van der Waals surface area (Å²) in [5, 5.41) is 3.99. The first-order valence-corrected chi connectivity index (χ1v) is 9.97. The maximum atomic E-state index is 12.2. The average Bonchev–Trinajstić information content (AvgIpc) is 2.92. The number of rotatable bonds is 3. The van der Waals surface area contributed by atoms with Crippen molar-refractivity contribution in [3.8, 4) is 0 Å². The SMILES string of the molecule is CC1(C)CC(=O)c2cnc(SCc3csc(C(C)(C)C)n3)nc2C1. The first kappa shape index (κ1) is 17.5. The fraction of sp³-hybridized carbons (Fsp3) is 0.556. The van der Waals surface area contributed by atoms with Crippen molar-refractivity contribution in [2.45, 2.75) is 63.8 Å². The van der Waals surface area contributed by atoms with E-state index >= 15 is 0 Å². The highest BCUT2D eigenvalue weighted by Crippen LogP contribution is 2.34. The fourth-order valence-electron chi connectivity index (χ4n) is 2.74. The van der Waals surface area contributed by atoms with E-state index < -0.39 is 0 Å². The Morgan fingerprint density at radius 2 is 2.00 bits per heavy atom. The lowest BCUT2D eigenvalue weighted by Crippen LogP contribution is -2.28. The highest BCUT2D eigenvalue weighted by Gasteiger charge is 2.32. The molecule has 0 amide bonds. The van der Waals surface area contributed by atoms with Crippen LogP contribution in [-0.4, -0.2) is 20.7 Å². The molecule has 1 aliphatic rings. The first-order valence-electron chi connectivity index (χ1n) is 8.11. The molecule has 0 atom stereocenters. The summed E-state index contributed by atoms with van der Waals surface area (Å²) in [7, 11) is 0. The number of carbonyl (C=O) groups is 1. The van der Waals surface area contributed by atoms with E-state index in [1.165, 1.54) is 0 Å². The van der Waals surface area contributed by atoms with Crippen LogP contribution in [0.4, 0.5) is 0 Å². The Morgan fingerprint density at radius 1 is 1.25 bits per heavy atom. The van der Waals surface area contributed by atoms with Crippen molar-refractivity contribution in [1.82, 2.24) is 15.0 Å². The summed E-state index contributed by atoms with van der Waals surface area (Å²) in [6, 6.07) is 0. The van der Waals surface area contributed by atoms with Gasteiger partial charge in [0.25, 0.3) is 0 Å². The quantitative estimate of drug-likeness (QED) is 0.587. The van der Waals surface area contributed by atoms with Crippen LogP contribution in [0.1, 0.15) is 67.8 Å². The van der Waals surface area contributed by atoms with Gasteiger partial charge in [0.05, 0.1) is 22.0 Å². The highest BCUT2D eigenvalue weighted by atomic mass is 32.2. The molecule has 0 saturated carbocycles. The van der Waals surface area contributed by atoms with Crippen molar-refractivity contribution in [2.24, 2.45) is 5.41 Å². The van der Waals surface area contributed by atoms with Crippen molar-refractivity contribution < 1.29 is 4.79 Å². The number of carbonyl (C=O) groups excluding carboxylic acids is 1. The molecule has 0 bridgehead atoms. The van der Waals surface area contributed by atoms with Crippen molar-refractivity contribution in [1.29, 1.82) is 0 Å². The molecule has 0 N–H and O–H groups in total. The summed E-state index contributed by atoms with van der Waals surface area (Å²) in [6.07, 6.45) is 3.10. The standard InChI is InChI=1S/C18H23N3OS2/c1-17(2,3)15-20-11(9-23-15)10-24-16-19-8-12-13(21-16)6-18(4,5)7-14(12)22/h8-9H,6-7,10H2,1-5H3. The molecule has 1 aliphatic carbocycles. The second-order valence-electron chi connectivity index (χ2n) is 8.14. The number of ketones is 1. The van der Waals surface area contributed by atoms with Crippen LogP contribution >= 0.6 is 23.1 Å². The summed E-state index contributed by atoms with van der Waals surface area (Å²) < 4.78 is 0. The Kier molecular flexibility index (Phi) is 4.55. The third-order valence-corrected chi connectivity index (χ3v) is 6.19. The Bertz CT molecular complexity index is 775. The second-order valence-corrected chi connectivity index (χ2v) is 9.94. The minimum atomic E-state index is -0.0170. The molecule has 2 aromatic heterocycles. The van der Waals surface area contributed by atoms with Gasteiger partial charge in [-0.3, -0.25) is 4.79 Å². The molecule has 0 spiro atoms. The molecule has 0 aliphatic heterocycles. The van der Waals surface area contributed by atoms with Crippen molar-refractivity contribution >= 4 is 28.9 Å². The van der Waals surface area contributed by atoms with Gasteiger partial charge in [-0.25, -0.2) is 15.0 Å². The molecule has 2 heterocycles. The molecule has 0 fully saturated rings. The molecule has 6 heteroatoms. The van der Waals surface area contributed by atoms with Gasteiger partial charge in [-0.1, -0.05) is 46.4 Å². The number of fused-ring (bicyclic) bond motifs is 1. The summed E-state index contributed by atoms with van der Waals surface area (Å²) >= 11 is 3.29. The van der Waals surface area contributed by atoms with E-state index in [-0.39, 0.29) is 16.6 Å². The van der Waals surface area contributed by atoms with Crippen LogP contribution in [0.5, 0.6) is 0 Å². The number of aromatic nitrogens is 3. The number of thioether (sulfide) groups is 1. The van der Waals surface area contributed by atoms with Gasteiger partial charge in [0, 0.05) is 29.2 Å². The lowest BCUT2D eigenvalue weighted by atomic mass is 9.76. The zero-order chi connectivity index (χ0) is 17.5. The maximum absolute atomic E-state index is 12.2. The molecule has 128 valence electrons. The van der Waals surface area contributed by atoms with Crippen molar-refractivity contribution in [2.75, 3.05) is 0 Å². The molecule has 0 aromatic carbocycles. The van der Waals surface area contributed by atoms with E-state index in [1.54, 1.807) is 29.3 Å². The molecule has 4 nitrogen and oxygen atoms in total. The van der Waals surface area contributed by atoms with E-state index in [9.17, 15) is 4.79 Å². The largest absolute Gasteiger partial charge is 0.294 e. The van der Waals surface area contributed by atoms with E-state index in [0.717, 1.165) is 33.7 Å². The van der Waals surface area contributed by atoms with Crippen LogP contribution in [0.15, 0.2) is 16.7 Å². The maximum Gasteiger partial charge on any atom is 0.188 e. The number of hydrogen-bond acceptors (Lipinski definition) is 6. The Morgan fingerprint density at radius 3 is 2.67 bits per heavy atom. The van der Waals surface area contributed by atoms with Gasteiger partial charge < -0.3 is 0 Å². The van der Waals surface area contributed by atoms with E-state index in [4.69, 9.17) is 4.98 Å². The van der Waals surface area contributed by atoms with Crippen molar-refractivity contribution in [3.63, 3.8) is 0 Å². The number of hydrogen-bond donors (Lipinski definition) is 0. The van der Waals surface area contributed by atoms with Gasteiger partial charge >= 0.3 is 0 Å². The predicted molar refractivity (Wildman–Crippen MR) is 98.8 cm³/mol. The van der Waals surface area contributed by atoms with Gasteiger partial charge in [-0.05, 0) is 11.8 Å². The zero-order valence-corrected chi connectivity index (χ0v) is 16.5. The van der Waals surface area contributed by atoms with Crippen LogP contribution in [-0.2, 0) is 17.6 Å². The normalized spacial score (nSPS) is 17.0. The number of nitrogens with zero attached hydrogens (tertiary/aromatic N) is 3. The van der Waals surface area contributed by atoms with E-state index in [0.29, 0.717) is 12.0 Å². The molecular weight excluding hydrogens is 338 g/mol. The first-order chi connectivity index (χ1) is 11.1. The number of thiazole rings is 1. The lowest BCUT2D eigenvalue weighted by molar-refractivity contribution is 0.0909. The zero-order valence-electron chi connectivity index (χ0n) is 14.8. The highest BCUT2D eigenvalue weighted by molar-refractivity contribution is 7.98. The lowest BCUT2D eigenvalue weighted by Gasteiger charge is -2.29. The Labute approximate surface area is 151 Å². The smallest absolute Gasteiger partial charge is 0.188 e. The molecule has 0 radical (unpaired) electrons. The molecule has 2 aromatic rings. The molecule has 0 unspecified atom stereocenters. The van der Waals surface area contributed by atoms with Gasteiger partial charge in [0.2, 0.25) is 0 Å². The average molecular weight is 362 g/mol. The third kappa shape index (κ3) is 3.86. The van der Waals surface area contributed by atoms with E-state index in [1.807, 2.05) is 0 Å². The topological polar surface area (TPSA) is 55.7 Å². The number of Topliss-reactive ketones (excluding diaryl/α,β-unsaturated/α-hetero) is 1. The minimum absolute atomic E-state index is 0.0170. The predicted octanol–water partition coefficient (Wildman–Crippen LogP) is 4.68. The van der Waals surface area contributed by atoms with Gasteiger partial charge in [0.1, 0.15) is 0 Å². The van der Waals surface area contributed by atoms with Crippen LogP contribution in [0.3, 0.4) is 0 Å². The van der Waals surface area contributed by atoms with Crippen molar-refractivity contribution in [3.05, 3.63) is 33.5 Å². The van der Waals surface area contributed by atoms with E-state index in [2.05, 4.69) is 50.0 Å². The van der Waals surface area contributed by atoms with Crippen LogP contribution < -0.4 is 0 Å². The molecule has 3 rings (SSSR count). The Hall–Kier alpha value is -1.27. The van der Waals surface area contributed by atoms with Gasteiger partial charge in [0.15, 0.2) is 10.9 Å². The van der Waals surface area contributed by atoms with Gasteiger partial charge in [-0.15, -0.1) is 11.3 Å². The monoisotopic (exact) mass is 361 g/mol. The van der Waals surface area contributed by atoms with Gasteiger partial charge in [-0.2, -0.15) is 0 Å². The fourth-order valence-corrected chi connectivity index (χ4v) is 4.48. The summed E-state index contributed by atoms with van der Waals surface area (Å²) in [4.78, 5) is 25.9. The van der Waals surface area contributed by atoms with Crippen LogP contribution in [0.2, 0.25) is 0 Å². The third-order valence-electron chi connectivity index (χ3n) is 3.97. The van der Waals surface area contributed by atoms with Crippen LogP contribution in [0, 0.1) is 5.41 Å². The summed E-state index contributed by atoms with van der Waals surface area (Å²) in [5.41, 5.74) is 2.72. The van der Waals surface area contributed by atoms with Crippen LogP contribution in [0.25, 0.3) is 0 Å². The molecule has 24 heavy (non-hydrogen) atoms. The molecular formula is C18H23N3OS2. The Balaban J connectivity index is 1.73. The minimum Gasteiger partial charge on any atom is -0.294 e. The molecule has 0 saturated heterocycles. The summed E-state index contributed by atoms with van der Waals surface area (Å²) in [5.74, 6) is 0.912.